The highest BCUT2D eigenvalue weighted by Crippen LogP contribution is 2.16. The molecule has 0 unspecified atom stereocenters. The molecule has 0 atom stereocenters. The number of halogens is 2. The number of carbonyl (C=O) groups is 1. The minimum Gasteiger partial charge on any atom is -0.464 e. The number of methoxy groups -OCH3 is 1. The van der Waals surface area contributed by atoms with E-state index in [2.05, 4.69) is 9.72 Å². The van der Waals surface area contributed by atoms with Crippen molar-refractivity contribution in [2.45, 2.75) is 13.3 Å². The number of aromatic nitrogens is 1. The van der Waals surface area contributed by atoms with Crippen LogP contribution < -0.4 is 5.43 Å². The lowest BCUT2D eigenvalue weighted by Crippen LogP contribution is -2.17. The Bertz CT molecular complexity index is 439. The first-order valence-electron chi connectivity index (χ1n) is 4.07. The van der Waals surface area contributed by atoms with Crippen LogP contribution in [0.3, 0.4) is 0 Å². The van der Waals surface area contributed by atoms with E-state index in [4.69, 9.17) is 0 Å². The fourth-order valence-electron chi connectivity index (χ4n) is 1.07. The Morgan fingerprint density at radius 1 is 1.53 bits per heavy atom. The average Bonchev–Trinajstić information content (AvgIpc) is 2.20. The molecule has 0 aliphatic rings. The number of rotatable bonds is 2. The van der Waals surface area contributed by atoms with Crippen LogP contribution in [0.15, 0.2) is 10.9 Å². The highest BCUT2D eigenvalue weighted by atomic mass is 19.3. The standard InChI is InChI=1S/C9H9F2NO3/c1-4-6(13)3-5(8(10)11)12-7(4)9(14)15-2/h3,8H,1-2H3,(H,12,13). The summed E-state index contributed by atoms with van der Waals surface area (Å²) in [4.78, 5) is 24.5. The summed E-state index contributed by atoms with van der Waals surface area (Å²) in [6.45, 7) is 1.36. The normalized spacial score (nSPS) is 10.5. The van der Waals surface area contributed by atoms with Gasteiger partial charge in [-0.25, -0.2) is 13.6 Å². The number of aromatic amines is 1. The number of carbonyl (C=O) groups excluding carboxylic acids is 1. The van der Waals surface area contributed by atoms with Crippen LogP contribution in [0.4, 0.5) is 8.78 Å². The zero-order chi connectivity index (χ0) is 11.6. The van der Waals surface area contributed by atoms with E-state index in [-0.39, 0.29) is 11.3 Å². The van der Waals surface area contributed by atoms with Crippen LogP contribution in [-0.4, -0.2) is 18.1 Å². The molecule has 0 aromatic carbocycles. The number of hydrogen-bond donors (Lipinski definition) is 1. The van der Waals surface area contributed by atoms with E-state index >= 15 is 0 Å². The van der Waals surface area contributed by atoms with Gasteiger partial charge < -0.3 is 9.72 Å². The van der Waals surface area contributed by atoms with E-state index in [9.17, 15) is 18.4 Å². The van der Waals surface area contributed by atoms with E-state index in [1.807, 2.05) is 0 Å². The van der Waals surface area contributed by atoms with Gasteiger partial charge >= 0.3 is 5.97 Å². The molecule has 1 rings (SSSR count). The van der Waals surface area contributed by atoms with Crippen LogP contribution in [0, 0.1) is 6.92 Å². The van der Waals surface area contributed by atoms with Crippen LogP contribution in [0.25, 0.3) is 0 Å². The summed E-state index contributed by atoms with van der Waals surface area (Å²) in [5.41, 5.74) is -1.39. The Morgan fingerprint density at radius 2 is 2.13 bits per heavy atom. The lowest BCUT2D eigenvalue weighted by atomic mass is 10.2. The van der Waals surface area contributed by atoms with Gasteiger partial charge in [-0.2, -0.15) is 0 Å². The lowest BCUT2D eigenvalue weighted by Gasteiger charge is -2.06. The molecule has 0 fully saturated rings. The zero-order valence-corrected chi connectivity index (χ0v) is 8.14. The quantitative estimate of drug-likeness (QED) is 0.762. The van der Waals surface area contributed by atoms with Crippen molar-refractivity contribution in [3.05, 3.63) is 33.2 Å². The third-order valence-electron chi connectivity index (χ3n) is 1.93. The van der Waals surface area contributed by atoms with Crippen LogP contribution >= 0.6 is 0 Å². The van der Waals surface area contributed by atoms with Crippen LogP contribution in [-0.2, 0) is 4.74 Å². The maximum Gasteiger partial charge on any atom is 0.354 e. The van der Waals surface area contributed by atoms with Crippen molar-refractivity contribution in [3.63, 3.8) is 0 Å². The van der Waals surface area contributed by atoms with Gasteiger partial charge in [-0.15, -0.1) is 0 Å². The fraction of sp³-hybridized carbons (Fsp3) is 0.333. The van der Waals surface area contributed by atoms with Gasteiger partial charge in [-0.3, -0.25) is 4.79 Å². The predicted molar refractivity (Wildman–Crippen MR) is 48.1 cm³/mol. The van der Waals surface area contributed by atoms with Crippen molar-refractivity contribution in [3.8, 4) is 0 Å². The van der Waals surface area contributed by atoms with E-state index < -0.39 is 23.5 Å². The second-order valence-corrected chi connectivity index (χ2v) is 2.88. The molecule has 1 aromatic heterocycles. The van der Waals surface area contributed by atoms with Crippen molar-refractivity contribution < 1.29 is 18.3 Å². The number of alkyl halides is 2. The largest absolute Gasteiger partial charge is 0.464 e. The van der Waals surface area contributed by atoms with E-state index in [1.54, 1.807) is 0 Å². The zero-order valence-electron chi connectivity index (χ0n) is 8.14. The van der Waals surface area contributed by atoms with Gasteiger partial charge in [0.1, 0.15) is 5.69 Å². The lowest BCUT2D eigenvalue weighted by molar-refractivity contribution is 0.0591. The Kier molecular flexibility index (Phi) is 3.18. The maximum absolute atomic E-state index is 12.3. The minimum absolute atomic E-state index is 0.0613. The second-order valence-electron chi connectivity index (χ2n) is 2.88. The van der Waals surface area contributed by atoms with Crippen molar-refractivity contribution in [2.24, 2.45) is 0 Å². The molecule has 15 heavy (non-hydrogen) atoms. The number of nitrogens with one attached hydrogen (secondary N) is 1. The molecule has 0 aliphatic heterocycles. The monoisotopic (exact) mass is 217 g/mol. The summed E-state index contributed by atoms with van der Waals surface area (Å²) in [6, 6.07) is 0.770. The number of ether oxygens (including phenoxy) is 1. The van der Waals surface area contributed by atoms with E-state index in [0.29, 0.717) is 0 Å². The minimum atomic E-state index is -2.83. The van der Waals surface area contributed by atoms with Gasteiger partial charge in [0.15, 0.2) is 5.43 Å². The van der Waals surface area contributed by atoms with E-state index in [1.165, 1.54) is 6.92 Å². The van der Waals surface area contributed by atoms with Gasteiger partial charge in [-0.1, -0.05) is 0 Å². The summed E-state index contributed by atoms with van der Waals surface area (Å²) in [6.07, 6.45) is -2.83. The summed E-state index contributed by atoms with van der Waals surface area (Å²) >= 11 is 0. The molecule has 0 saturated carbocycles. The Balaban J connectivity index is 3.38. The van der Waals surface area contributed by atoms with Crippen molar-refractivity contribution in [1.29, 1.82) is 0 Å². The topological polar surface area (TPSA) is 59.2 Å². The van der Waals surface area contributed by atoms with Gasteiger partial charge in [0.2, 0.25) is 0 Å². The molecular formula is C9H9F2NO3. The molecule has 0 aliphatic carbocycles. The fourth-order valence-corrected chi connectivity index (χ4v) is 1.07. The molecule has 0 radical (unpaired) electrons. The molecule has 1 aromatic rings. The van der Waals surface area contributed by atoms with Crippen molar-refractivity contribution in [2.75, 3.05) is 7.11 Å². The smallest absolute Gasteiger partial charge is 0.354 e. The maximum atomic E-state index is 12.3. The molecule has 82 valence electrons. The van der Waals surface area contributed by atoms with Crippen molar-refractivity contribution in [1.82, 2.24) is 4.98 Å². The van der Waals surface area contributed by atoms with Crippen LogP contribution in [0.5, 0.6) is 0 Å². The summed E-state index contributed by atoms with van der Waals surface area (Å²) < 4.78 is 29.0. The first-order chi connectivity index (χ1) is 6.97. The molecule has 4 nitrogen and oxygen atoms in total. The van der Waals surface area contributed by atoms with Gasteiger partial charge in [0.25, 0.3) is 6.43 Å². The molecule has 1 heterocycles. The third-order valence-corrected chi connectivity index (χ3v) is 1.93. The SMILES string of the molecule is COC(=O)c1[nH]c(C(F)F)cc(=O)c1C. The Morgan fingerprint density at radius 3 is 2.60 bits per heavy atom. The first-order valence-corrected chi connectivity index (χ1v) is 4.07. The molecule has 6 heteroatoms. The highest BCUT2D eigenvalue weighted by molar-refractivity contribution is 5.88. The van der Waals surface area contributed by atoms with Crippen LogP contribution in [0.1, 0.15) is 28.2 Å². The molecule has 0 saturated heterocycles. The predicted octanol–water partition coefficient (Wildman–Crippen LogP) is 1.41. The number of H-pyrrole nitrogens is 1. The van der Waals surface area contributed by atoms with Crippen LogP contribution in [0.2, 0.25) is 0 Å². The Hall–Kier alpha value is -1.72. The number of hydrogen-bond acceptors (Lipinski definition) is 3. The average molecular weight is 217 g/mol. The molecule has 1 N–H and O–H groups in total. The van der Waals surface area contributed by atoms with E-state index in [0.717, 1.165) is 13.2 Å². The molecule has 0 spiro atoms. The first kappa shape index (κ1) is 11.4. The summed E-state index contributed by atoms with van der Waals surface area (Å²) in [5, 5.41) is 0. The van der Waals surface area contributed by atoms with Crippen molar-refractivity contribution >= 4 is 5.97 Å². The van der Waals surface area contributed by atoms with Gasteiger partial charge in [0.05, 0.1) is 12.8 Å². The molecule has 0 amide bonds. The highest BCUT2D eigenvalue weighted by Gasteiger charge is 2.17. The summed E-state index contributed by atoms with van der Waals surface area (Å²) in [7, 11) is 1.11. The summed E-state index contributed by atoms with van der Waals surface area (Å²) in [5.74, 6) is -0.841. The molecular weight excluding hydrogens is 208 g/mol. The van der Waals surface area contributed by atoms with Gasteiger partial charge in [-0.05, 0) is 6.92 Å². The Labute approximate surface area is 83.9 Å². The third kappa shape index (κ3) is 2.20. The number of pyridine rings is 1. The molecule has 0 bridgehead atoms. The number of esters is 1. The second kappa shape index (κ2) is 4.20. The van der Waals surface area contributed by atoms with Gasteiger partial charge in [0, 0.05) is 11.6 Å².